The maximum atomic E-state index is 13.1. The number of nitrogens with one attached hydrogen (secondary N) is 1. The lowest BCUT2D eigenvalue weighted by Crippen LogP contribution is -2.00. The van der Waals surface area contributed by atoms with Crippen LogP contribution in [0.5, 0.6) is 0 Å². The van der Waals surface area contributed by atoms with Crippen molar-refractivity contribution in [2.75, 3.05) is 5.32 Å². The zero-order valence-corrected chi connectivity index (χ0v) is 11.6. The average molecular weight is 275 g/mol. The molecule has 0 bridgehead atoms. The van der Waals surface area contributed by atoms with Crippen LogP contribution in [0.25, 0.3) is 0 Å². The first-order chi connectivity index (χ1) is 9.69. The third-order valence-corrected chi connectivity index (χ3v) is 3.25. The van der Waals surface area contributed by atoms with Gasteiger partial charge in [-0.25, -0.2) is 8.78 Å². The Balaban J connectivity index is 1.91. The smallest absolute Gasteiger partial charge is 0.159 e. The highest BCUT2D eigenvalue weighted by molar-refractivity contribution is 5.45. The lowest BCUT2D eigenvalue weighted by atomic mass is 10.1. The van der Waals surface area contributed by atoms with Crippen molar-refractivity contribution in [3.63, 3.8) is 0 Å². The Labute approximate surface area is 118 Å². The van der Waals surface area contributed by atoms with E-state index in [1.54, 1.807) is 6.07 Å². The van der Waals surface area contributed by atoms with Gasteiger partial charge in [-0.2, -0.15) is 0 Å². The second-order valence-electron chi connectivity index (χ2n) is 4.90. The molecule has 3 heteroatoms. The number of halogens is 2. The quantitative estimate of drug-likeness (QED) is 0.789. The van der Waals surface area contributed by atoms with Crippen molar-refractivity contribution < 1.29 is 8.78 Å². The number of unbranched alkanes of at least 4 members (excludes halogenated alkanes) is 1. The Kier molecular flexibility index (Phi) is 5.10. The van der Waals surface area contributed by atoms with Crippen molar-refractivity contribution in [2.24, 2.45) is 0 Å². The van der Waals surface area contributed by atoms with Gasteiger partial charge >= 0.3 is 0 Å². The maximum absolute atomic E-state index is 13.1. The summed E-state index contributed by atoms with van der Waals surface area (Å²) in [5, 5.41) is 3.20. The van der Waals surface area contributed by atoms with E-state index in [0.717, 1.165) is 23.7 Å². The summed E-state index contributed by atoms with van der Waals surface area (Å²) in [6.45, 7) is 2.66. The van der Waals surface area contributed by atoms with Crippen molar-refractivity contribution >= 4 is 5.69 Å². The van der Waals surface area contributed by atoms with Crippen LogP contribution in [0, 0.1) is 11.6 Å². The SMILES string of the molecule is CCCCc1ccc(NCc2ccc(F)c(F)c2)cc1. The van der Waals surface area contributed by atoms with E-state index in [0.29, 0.717) is 6.54 Å². The van der Waals surface area contributed by atoms with Crippen molar-refractivity contribution in [1.82, 2.24) is 0 Å². The molecule has 0 saturated heterocycles. The fourth-order valence-electron chi connectivity index (χ4n) is 2.02. The van der Waals surface area contributed by atoms with Gasteiger partial charge in [-0.05, 0) is 48.2 Å². The van der Waals surface area contributed by atoms with Crippen molar-refractivity contribution in [1.29, 1.82) is 0 Å². The minimum Gasteiger partial charge on any atom is -0.381 e. The summed E-state index contributed by atoms with van der Waals surface area (Å²) < 4.78 is 25.9. The van der Waals surface area contributed by atoms with Gasteiger partial charge in [-0.1, -0.05) is 31.5 Å². The number of aryl methyl sites for hydroxylation is 1. The van der Waals surface area contributed by atoms with E-state index in [4.69, 9.17) is 0 Å². The van der Waals surface area contributed by atoms with Gasteiger partial charge in [-0.3, -0.25) is 0 Å². The Bertz CT molecular complexity index is 549. The normalized spacial score (nSPS) is 10.6. The molecule has 0 spiro atoms. The summed E-state index contributed by atoms with van der Waals surface area (Å²) in [6, 6.07) is 12.2. The van der Waals surface area contributed by atoms with Gasteiger partial charge in [0, 0.05) is 12.2 Å². The molecule has 0 aliphatic rings. The topological polar surface area (TPSA) is 12.0 Å². The average Bonchev–Trinajstić information content (AvgIpc) is 2.47. The number of hydrogen-bond acceptors (Lipinski definition) is 1. The minimum atomic E-state index is -0.811. The third kappa shape index (κ3) is 4.05. The largest absolute Gasteiger partial charge is 0.381 e. The lowest BCUT2D eigenvalue weighted by Gasteiger charge is -2.08. The highest BCUT2D eigenvalue weighted by atomic mass is 19.2. The van der Waals surface area contributed by atoms with Crippen molar-refractivity contribution in [2.45, 2.75) is 32.7 Å². The Morgan fingerprint density at radius 3 is 2.25 bits per heavy atom. The Morgan fingerprint density at radius 1 is 0.900 bits per heavy atom. The Morgan fingerprint density at radius 2 is 1.60 bits per heavy atom. The van der Waals surface area contributed by atoms with Gasteiger partial charge in [0.25, 0.3) is 0 Å². The number of rotatable bonds is 6. The molecule has 106 valence electrons. The van der Waals surface area contributed by atoms with E-state index in [1.807, 2.05) is 12.1 Å². The van der Waals surface area contributed by atoms with Crippen LogP contribution in [-0.4, -0.2) is 0 Å². The zero-order valence-electron chi connectivity index (χ0n) is 11.6. The molecule has 0 aliphatic carbocycles. The first kappa shape index (κ1) is 14.5. The fourth-order valence-corrected chi connectivity index (χ4v) is 2.02. The summed E-state index contributed by atoms with van der Waals surface area (Å²) in [6.07, 6.45) is 3.48. The van der Waals surface area contributed by atoms with E-state index in [-0.39, 0.29) is 0 Å². The minimum absolute atomic E-state index is 0.478. The molecule has 0 aromatic heterocycles. The summed E-state index contributed by atoms with van der Waals surface area (Å²) >= 11 is 0. The van der Waals surface area contributed by atoms with Crippen molar-refractivity contribution in [3.05, 3.63) is 65.2 Å². The van der Waals surface area contributed by atoms with E-state index in [1.165, 1.54) is 24.5 Å². The van der Waals surface area contributed by atoms with Crippen LogP contribution >= 0.6 is 0 Å². The van der Waals surface area contributed by atoms with Crippen LogP contribution in [0.3, 0.4) is 0 Å². The van der Waals surface area contributed by atoms with Gasteiger partial charge in [-0.15, -0.1) is 0 Å². The molecule has 0 heterocycles. The molecule has 1 nitrogen and oxygen atoms in total. The fraction of sp³-hybridized carbons (Fsp3) is 0.294. The molecule has 0 atom stereocenters. The van der Waals surface area contributed by atoms with Crippen molar-refractivity contribution in [3.8, 4) is 0 Å². The van der Waals surface area contributed by atoms with E-state index in [9.17, 15) is 8.78 Å². The summed E-state index contributed by atoms with van der Waals surface area (Å²) in [5.74, 6) is -1.62. The molecular weight excluding hydrogens is 256 g/mol. The monoisotopic (exact) mass is 275 g/mol. The van der Waals surface area contributed by atoms with Gasteiger partial charge in [0.1, 0.15) is 0 Å². The molecule has 1 N–H and O–H groups in total. The molecular formula is C17H19F2N. The van der Waals surface area contributed by atoms with E-state index >= 15 is 0 Å². The second-order valence-corrected chi connectivity index (χ2v) is 4.90. The van der Waals surface area contributed by atoms with Crippen LogP contribution in [-0.2, 0) is 13.0 Å². The molecule has 20 heavy (non-hydrogen) atoms. The summed E-state index contributed by atoms with van der Waals surface area (Å²) in [5.41, 5.74) is 3.03. The van der Waals surface area contributed by atoms with E-state index in [2.05, 4.69) is 24.4 Å². The predicted molar refractivity (Wildman–Crippen MR) is 78.7 cm³/mol. The molecule has 0 unspecified atom stereocenters. The van der Waals surface area contributed by atoms with E-state index < -0.39 is 11.6 Å². The molecule has 2 aromatic carbocycles. The standard InChI is InChI=1S/C17H19F2N/c1-2-3-4-13-5-8-15(9-6-13)20-12-14-7-10-16(18)17(19)11-14/h5-11,20H,2-4,12H2,1H3. The molecule has 2 aromatic rings. The first-order valence-corrected chi connectivity index (χ1v) is 6.96. The molecule has 0 radical (unpaired) electrons. The van der Waals surface area contributed by atoms with Gasteiger partial charge in [0.2, 0.25) is 0 Å². The third-order valence-electron chi connectivity index (χ3n) is 3.25. The van der Waals surface area contributed by atoms with Crippen LogP contribution < -0.4 is 5.32 Å². The second kappa shape index (κ2) is 7.04. The zero-order chi connectivity index (χ0) is 14.4. The highest BCUT2D eigenvalue weighted by Crippen LogP contribution is 2.14. The van der Waals surface area contributed by atoms with Crippen LogP contribution in [0.15, 0.2) is 42.5 Å². The number of anilines is 1. The van der Waals surface area contributed by atoms with Gasteiger partial charge in [0.05, 0.1) is 0 Å². The van der Waals surface area contributed by atoms with Crippen LogP contribution in [0.1, 0.15) is 30.9 Å². The molecule has 0 fully saturated rings. The van der Waals surface area contributed by atoms with Gasteiger partial charge in [0.15, 0.2) is 11.6 Å². The molecule has 2 rings (SSSR count). The Hall–Kier alpha value is -1.90. The molecule has 0 aliphatic heterocycles. The highest BCUT2D eigenvalue weighted by Gasteiger charge is 2.02. The number of benzene rings is 2. The predicted octanol–water partition coefficient (Wildman–Crippen LogP) is 4.92. The summed E-state index contributed by atoms with van der Waals surface area (Å²) in [7, 11) is 0. The maximum Gasteiger partial charge on any atom is 0.159 e. The van der Waals surface area contributed by atoms with Crippen LogP contribution in [0.2, 0.25) is 0 Å². The molecule has 0 amide bonds. The van der Waals surface area contributed by atoms with Gasteiger partial charge < -0.3 is 5.32 Å². The van der Waals surface area contributed by atoms with Crippen LogP contribution in [0.4, 0.5) is 14.5 Å². The lowest BCUT2D eigenvalue weighted by molar-refractivity contribution is 0.507. The first-order valence-electron chi connectivity index (χ1n) is 6.96. The molecule has 0 saturated carbocycles. The number of hydrogen-bond donors (Lipinski definition) is 1. The summed E-state index contributed by atoms with van der Waals surface area (Å²) in [4.78, 5) is 0.